The SMILES string of the molecule is CC(C)(c1ccccc1)c1cccc(C(C)(C)c2ccccc2)c1OP(=O)(Oc1c(C(C)(C)c2ccccc2)cccc1C(C)(C)c1ccccc1)OP(=O)(O)O.OCC(CO)(CO)CO. The van der Waals surface area contributed by atoms with Crippen molar-refractivity contribution < 1.29 is 52.7 Å². The molecule has 0 atom stereocenters. The van der Waals surface area contributed by atoms with Crippen molar-refractivity contribution in [3.8, 4) is 11.5 Å². The van der Waals surface area contributed by atoms with E-state index >= 15 is 4.57 Å². The van der Waals surface area contributed by atoms with E-state index in [-0.39, 0.29) is 11.5 Å². The van der Waals surface area contributed by atoms with Crippen molar-refractivity contribution >= 4 is 15.6 Å². The number of para-hydroxylation sites is 2. The van der Waals surface area contributed by atoms with Crippen LogP contribution in [-0.4, -0.2) is 56.6 Å². The second-order valence-corrected chi connectivity index (χ2v) is 21.6. The maximum absolute atomic E-state index is 15.7. The van der Waals surface area contributed by atoms with Crippen LogP contribution in [0.15, 0.2) is 158 Å². The molecule has 0 aromatic heterocycles. The Hall–Kier alpha value is -4.90. The van der Waals surface area contributed by atoms with E-state index in [4.69, 9.17) is 33.8 Å². The second kappa shape index (κ2) is 20.9. The summed E-state index contributed by atoms with van der Waals surface area (Å²) in [6, 6.07) is 50.7. The van der Waals surface area contributed by atoms with Gasteiger partial charge >= 0.3 is 15.6 Å². The third-order valence-corrected chi connectivity index (χ3v) is 15.1. The van der Waals surface area contributed by atoms with E-state index in [0.29, 0.717) is 22.3 Å². The number of phosphoric ester groups is 1. The van der Waals surface area contributed by atoms with Crippen LogP contribution in [0.3, 0.4) is 0 Å². The van der Waals surface area contributed by atoms with Gasteiger partial charge in [0.25, 0.3) is 0 Å². The van der Waals surface area contributed by atoms with Gasteiger partial charge in [0, 0.05) is 43.9 Å². The average molecular weight is 939 g/mol. The maximum Gasteiger partial charge on any atom is 0.596 e. The van der Waals surface area contributed by atoms with E-state index in [1.165, 1.54) is 0 Å². The summed E-state index contributed by atoms with van der Waals surface area (Å²) in [5.74, 6) is 0.279. The smallest absolute Gasteiger partial charge is 0.396 e. The lowest BCUT2D eigenvalue weighted by atomic mass is 9.72. The zero-order chi connectivity index (χ0) is 48.6. The monoisotopic (exact) mass is 938 g/mol. The molecule has 352 valence electrons. The Morgan fingerprint density at radius 2 is 0.606 bits per heavy atom. The predicted molar refractivity (Wildman–Crippen MR) is 260 cm³/mol. The Labute approximate surface area is 389 Å². The van der Waals surface area contributed by atoms with E-state index in [1.807, 2.05) is 213 Å². The molecule has 0 saturated heterocycles. The topological polar surface area (TPSA) is 183 Å². The zero-order valence-electron chi connectivity index (χ0n) is 39.0. The molecule has 0 amide bonds. The molecule has 13 heteroatoms. The van der Waals surface area contributed by atoms with Gasteiger partial charge in [-0.15, -0.1) is 0 Å². The molecule has 11 nitrogen and oxygen atoms in total. The molecule has 66 heavy (non-hydrogen) atoms. The van der Waals surface area contributed by atoms with E-state index < -0.39 is 69.1 Å². The Morgan fingerprint density at radius 1 is 0.379 bits per heavy atom. The number of phosphoric acid groups is 2. The highest BCUT2D eigenvalue weighted by atomic mass is 31.3. The number of hydrogen-bond donors (Lipinski definition) is 6. The number of aliphatic hydroxyl groups is 4. The van der Waals surface area contributed by atoms with Crippen LogP contribution in [0.5, 0.6) is 11.5 Å². The first-order valence-corrected chi connectivity index (χ1v) is 24.7. The van der Waals surface area contributed by atoms with Crippen LogP contribution in [0, 0.1) is 5.41 Å². The van der Waals surface area contributed by atoms with Crippen LogP contribution in [0.1, 0.15) is 99.9 Å². The minimum Gasteiger partial charge on any atom is -0.396 e. The predicted octanol–water partition coefficient (Wildman–Crippen LogP) is 10.6. The Balaban J connectivity index is 0.000000820. The molecule has 0 radical (unpaired) electrons. The van der Waals surface area contributed by atoms with Gasteiger partial charge < -0.3 is 39.3 Å². The second-order valence-electron chi connectivity index (χ2n) is 18.7. The average Bonchev–Trinajstić information content (AvgIpc) is 3.30. The highest BCUT2D eigenvalue weighted by Crippen LogP contribution is 2.64. The van der Waals surface area contributed by atoms with Crippen molar-refractivity contribution in [1.29, 1.82) is 0 Å². The van der Waals surface area contributed by atoms with Gasteiger partial charge in [-0.1, -0.05) is 213 Å². The van der Waals surface area contributed by atoms with Crippen LogP contribution in [0.2, 0.25) is 0 Å². The van der Waals surface area contributed by atoms with Crippen molar-refractivity contribution in [3.63, 3.8) is 0 Å². The van der Waals surface area contributed by atoms with Gasteiger partial charge in [-0.25, -0.2) is 9.13 Å². The molecule has 6 aromatic rings. The summed E-state index contributed by atoms with van der Waals surface area (Å²) in [4.78, 5) is 21.0. The van der Waals surface area contributed by atoms with Gasteiger partial charge in [-0.05, 0) is 22.3 Å². The van der Waals surface area contributed by atoms with Crippen molar-refractivity contribution in [2.45, 2.75) is 77.0 Å². The fourth-order valence-corrected chi connectivity index (χ4v) is 10.2. The summed E-state index contributed by atoms with van der Waals surface area (Å²) in [5.41, 5.74) is 2.14. The van der Waals surface area contributed by atoms with E-state index in [1.54, 1.807) is 0 Å². The minimum atomic E-state index is -5.53. The third-order valence-electron chi connectivity index (χ3n) is 12.7. The molecule has 0 aliphatic heterocycles. The van der Waals surface area contributed by atoms with Gasteiger partial charge in [0.15, 0.2) is 0 Å². The first kappa shape index (κ1) is 52.1. The molecule has 6 rings (SSSR count). The summed E-state index contributed by atoms with van der Waals surface area (Å²) in [5, 5.41) is 34.0. The van der Waals surface area contributed by atoms with Crippen LogP contribution in [0.4, 0.5) is 0 Å². The first-order chi connectivity index (χ1) is 31.0. The summed E-state index contributed by atoms with van der Waals surface area (Å²) in [7, 11) is -10.8. The number of aliphatic hydroxyl groups excluding tert-OH is 4. The molecule has 0 spiro atoms. The summed E-state index contributed by atoms with van der Waals surface area (Å²) in [6.45, 7) is 14.6. The molecular weight excluding hydrogens is 875 g/mol. The molecule has 0 aliphatic carbocycles. The Morgan fingerprint density at radius 3 is 0.788 bits per heavy atom. The molecular formula is C53H64O11P2. The summed E-state index contributed by atoms with van der Waals surface area (Å²) >= 11 is 0. The molecule has 0 bridgehead atoms. The van der Waals surface area contributed by atoms with Gasteiger partial charge in [-0.2, -0.15) is 4.31 Å². The fourth-order valence-electron chi connectivity index (χ4n) is 7.99. The first-order valence-electron chi connectivity index (χ1n) is 21.7. The van der Waals surface area contributed by atoms with E-state index in [9.17, 15) is 14.4 Å². The number of rotatable bonds is 18. The van der Waals surface area contributed by atoms with Crippen molar-refractivity contribution in [2.75, 3.05) is 26.4 Å². The van der Waals surface area contributed by atoms with Crippen LogP contribution < -0.4 is 9.05 Å². The number of benzene rings is 6. The van der Waals surface area contributed by atoms with Gasteiger partial charge in [0.2, 0.25) is 0 Å². The Kier molecular flexibility index (Phi) is 16.5. The largest absolute Gasteiger partial charge is 0.596 e. The molecule has 0 heterocycles. The lowest BCUT2D eigenvalue weighted by Crippen LogP contribution is -2.37. The fraction of sp³-hybridized carbons (Fsp3) is 0.321. The lowest BCUT2D eigenvalue weighted by Gasteiger charge is -2.36. The maximum atomic E-state index is 15.7. The van der Waals surface area contributed by atoms with Crippen LogP contribution >= 0.6 is 15.6 Å². The summed E-state index contributed by atoms with van der Waals surface area (Å²) < 4.78 is 47.2. The minimum absolute atomic E-state index is 0.139. The normalized spacial score (nSPS) is 12.8. The highest BCUT2D eigenvalue weighted by Gasteiger charge is 2.46. The standard InChI is InChI=1S/C48H52O7P2.C5H12O4/c1-45(2,35-23-13-9-14-24-35)39-31-21-32-40(46(3,4)36-25-15-10-16-26-36)43(39)53-57(52,55-56(49,50)51)54-44-41(47(5,6)37-27-17-11-18-28-37)33-22-34-42(44)48(7,8)38-29-19-12-20-30-38;6-1-5(2-7,3-8)4-9/h9-34H,1-8H3,(H2,49,50,51);6-9H,1-4H2. The Bertz CT molecular complexity index is 2280. The van der Waals surface area contributed by atoms with Crippen LogP contribution in [-0.2, 0) is 35.1 Å². The molecule has 0 fully saturated rings. The van der Waals surface area contributed by atoms with Crippen molar-refractivity contribution in [2.24, 2.45) is 5.41 Å². The molecule has 0 saturated carbocycles. The lowest BCUT2D eigenvalue weighted by molar-refractivity contribution is -0.0328. The summed E-state index contributed by atoms with van der Waals surface area (Å²) in [6.07, 6.45) is 0. The van der Waals surface area contributed by atoms with Gasteiger partial charge in [0.05, 0.1) is 31.8 Å². The van der Waals surface area contributed by atoms with Crippen LogP contribution in [0.25, 0.3) is 0 Å². The van der Waals surface area contributed by atoms with Crippen molar-refractivity contribution in [1.82, 2.24) is 0 Å². The molecule has 6 N–H and O–H groups in total. The highest BCUT2D eigenvalue weighted by molar-refractivity contribution is 7.61. The van der Waals surface area contributed by atoms with Crippen molar-refractivity contribution in [3.05, 3.63) is 202 Å². The molecule has 0 unspecified atom stereocenters. The third kappa shape index (κ3) is 11.6. The zero-order valence-corrected chi connectivity index (χ0v) is 40.7. The molecule has 6 aromatic carbocycles. The van der Waals surface area contributed by atoms with Gasteiger partial charge in [0.1, 0.15) is 11.5 Å². The van der Waals surface area contributed by atoms with E-state index in [2.05, 4.69) is 0 Å². The number of hydrogen-bond acceptors (Lipinski definition) is 9. The van der Waals surface area contributed by atoms with E-state index in [0.717, 1.165) is 22.3 Å². The van der Waals surface area contributed by atoms with Gasteiger partial charge in [-0.3, -0.25) is 0 Å². The molecule has 0 aliphatic rings. The quantitative estimate of drug-likeness (QED) is 0.0451.